The van der Waals surface area contributed by atoms with Gasteiger partial charge in [-0.15, -0.1) is 0 Å². The van der Waals surface area contributed by atoms with Gasteiger partial charge in [0, 0.05) is 28.6 Å². The van der Waals surface area contributed by atoms with Crippen molar-refractivity contribution in [2.75, 3.05) is 0 Å². The monoisotopic (exact) mass is 303 g/mol. The Hall–Kier alpha value is -1.26. The molecule has 19 heavy (non-hydrogen) atoms. The summed E-state index contributed by atoms with van der Waals surface area (Å²) in [5.41, 5.74) is 0.238. The molecule has 0 aliphatic carbocycles. The van der Waals surface area contributed by atoms with Gasteiger partial charge < -0.3 is 10.0 Å². The maximum Gasteiger partial charge on any atom is 0.331 e. The number of hydrogen-bond acceptors (Lipinski definition) is 2. The number of carbonyl (C=O) groups excluding carboxylic acids is 1. The fraction of sp³-hybridized carbons (Fsp3) is 0.385. The fourth-order valence-electron chi connectivity index (χ4n) is 2.00. The Balaban J connectivity index is 3.43. The number of amides is 1. The van der Waals surface area contributed by atoms with E-state index < -0.39 is 12.0 Å². The smallest absolute Gasteiger partial charge is 0.331 e. The molecule has 0 radical (unpaired) electrons. The highest BCUT2D eigenvalue weighted by Gasteiger charge is 2.34. The molecule has 0 aromatic heterocycles. The van der Waals surface area contributed by atoms with E-state index in [1.807, 2.05) is 0 Å². The number of nitrogens with zero attached hydrogens (tertiary/aromatic N) is 1. The Labute approximate surface area is 121 Å². The van der Waals surface area contributed by atoms with E-state index >= 15 is 0 Å². The van der Waals surface area contributed by atoms with Gasteiger partial charge in [-0.1, -0.05) is 29.3 Å². The second kappa shape index (κ2) is 6.26. The summed E-state index contributed by atoms with van der Waals surface area (Å²) in [6.45, 7) is 4.80. The van der Waals surface area contributed by atoms with Crippen LogP contribution < -0.4 is 0 Å². The highest BCUT2D eigenvalue weighted by molar-refractivity contribution is 6.36. The molecule has 0 saturated carbocycles. The molecule has 1 atom stereocenters. The summed E-state index contributed by atoms with van der Waals surface area (Å²) >= 11 is 12.1. The van der Waals surface area contributed by atoms with E-state index in [0.29, 0.717) is 0 Å². The van der Waals surface area contributed by atoms with Crippen LogP contribution in [0.4, 0.5) is 0 Å². The average molecular weight is 304 g/mol. The molecule has 0 bridgehead atoms. The van der Waals surface area contributed by atoms with Crippen LogP contribution in [0.5, 0.6) is 0 Å². The lowest BCUT2D eigenvalue weighted by Gasteiger charge is -2.32. The lowest BCUT2D eigenvalue weighted by atomic mass is 10.0. The summed E-state index contributed by atoms with van der Waals surface area (Å²) in [7, 11) is 0. The van der Waals surface area contributed by atoms with Crippen LogP contribution in [0, 0.1) is 0 Å². The van der Waals surface area contributed by atoms with Crippen LogP contribution in [0.3, 0.4) is 0 Å². The van der Waals surface area contributed by atoms with E-state index in [-0.39, 0.29) is 27.6 Å². The average Bonchev–Trinajstić information content (AvgIpc) is 2.25. The molecule has 0 fully saturated rings. The number of carbonyl (C=O) groups is 2. The van der Waals surface area contributed by atoms with Crippen LogP contribution in [0.2, 0.25) is 10.0 Å². The van der Waals surface area contributed by atoms with Crippen molar-refractivity contribution in [1.82, 2.24) is 4.90 Å². The Morgan fingerprint density at radius 1 is 1.21 bits per heavy atom. The largest absolute Gasteiger partial charge is 0.479 e. The zero-order chi connectivity index (χ0) is 14.7. The van der Waals surface area contributed by atoms with E-state index in [0.717, 1.165) is 0 Å². The van der Waals surface area contributed by atoms with Crippen molar-refractivity contribution in [2.45, 2.75) is 32.9 Å². The Bertz CT molecular complexity index is 482. The molecule has 1 aromatic rings. The predicted molar refractivity (Wildman–Crippen MR) is 74.5 cm³/mol. The van der Waals surface area contributed by atoms with Crippen LogP contribution in [0.1, 0.15) is 32.4 Å². The standard InChI is InChI=1S/C13H15Cl2NO3/c1-7(2)16(8(3)17)12(13(18)19)11-9(14)5-4-6-10(11)15/h4-7,12H,1-3H3,(H,18,19). The maximum absolute atomic E-state index is 11.7. The minimum atomic E-state index is -1.20. The number of rotatable bonds is 4. The molecule has 1 aromatic carbocycles. The molecule has 1 amide bonds. The van der Waals surface area contributed by atoms with Crippen LogP contribution >= 0.6 is 23.2 Å². The van der Waals surface area contributed by atoms with Gasteiger partial charge in [-0.3, -0.25) is 4.79 Å². The first-order valence-electron chi connectivity index (χ1n) is 5.73. The molecule has 6 heteroatoms. The molecular formula is C13H15Cl2NO3. The van der Waals surface area contributed by atoms with Gasteiger partial charge in [-0.05, 0) is 26.0 Å². The summed E-state index contributed by atoms with van der Waals surface area (Å²) in [5, 5.41) is 9.89. The van der Waals surface area contributed by atoms with Crippen molar-refractivity contribution >= 4 is 35.1 Å². The quantitative estimate of drug-likeness (QED) is 0.927. The summed E-state index contributed by atoms with van der Waals surface area (Å²) < 4.78 is 0. The first kappa shape index (κ1) is 15.8. The predicted octanol–water partition coefficient (Wildman–Crippen LogP) is 3.38. The zero-order valence-electron chi connectivity index (χ0n) is 10.9. The summed E-state index contributed by atoms with van der Waals surface area (Å²) in [5.74, 6) is -1.52. The highest BCUT2D eigenvalue weighted by atomic mass is 35.5. The van der Waals surface area contributed by atoms with Crippen molar-refractivity contribution in [3.63, 3.8) is 0 Å². The Morgan fingerprint density at radius 2 is 1.68 bits per heavy atom. The summed E-state index contributed by atoms with van der Waals surface area (Å²) in [6, 6.07) is 3.25. The van der Waals surface area contributed by atoms with Crippen molar-refractivity contribution in [3.8, 4) is 0 Å². The second-order valence-electron chi connectivity index (χ2n) is 4.40. The molecule has 0 aliphatic heterocycles. The molecule has 104 valence electrons. The van der Waals surface area contributed by atoms with Crippen LogP contribution in [-0.2, 0) is 9.59 Å². The van der Waals surface area contributed by atoms with E-state index in [2.05, 4.69) is 0 Å². The van der Waals surface area contributed by atoms with Crippen LogP contribution in [-0.4, -0.2) is 27.9 Å². The summed E-state index contributed by atoms with van der Waals surface area (Å²) in [4.78, 5) is 24.5. The third kappa shape index (κ3) is 3.39. The molecule has 1 rings (SSSR count). The Kier molecular flexibility index (Phi) is 5.20. The van der Waals surface area contributed by atoms with Gasteiger partial charge in [0.1, 0.15) is 0 Å². The van der Waals surface area contributed by atoms with Crippen molar-refractivity contribution in [1.29, 1.82) is 0 Å². The van der Waals surface area contributed by atoms with Gasteiger partial charge >= 0.3 is 5.97 Å². The second-order valence-corrected chi connectivity index (χ2v) is 5.21. The van der Waals surface area contributed by atoms with Crippen LogP contribution in [0.25, 0.3) is 0 Å². The highest BCUT2D eigenvalue weighted by Crippen LogP contribution is 2.35. The first-order valence-corrected chi connectivity index (χ1v) is 6.48. The normalized spacial score (nSPS) is 12.3. The molecule has 0 aliphatic rings. The van der Waals surface area contributed by atoms with E-state index in [4.69, 9.17) is 23.2 Å². The van der Waals surface area contributed by atoms with Gasteiger partial charge in [0.25, 0.3) is 0 Å². The number of carboxylic acids is 1. The first-order chi connectivity index (χ1) is 8.77. The van der Waals surface area contributed by atoms with Crippen molar-refractivity contribution in [2.24, 2.45) is 0 Å². The van der Waals surface area contributed by atoms with Gasteiger partial charge in [0.15, 0.2) is 6.04 Å². The van der Waals surface area contributed by atoms with E-state index in [1.165, 1.54) is 11.8 Å². The number of carboxylic acid groups (broad SMARTS) is 1. The van der Waals surface area contributed by atoms with Crippen molar-refractivity contribution in [3.05, 3.63) is 33.8 Å². The molecule has 4 nitrogen and oxygen atoms in total. The molecular weight excluding hydrogens is 289 g/mol. The van der Waals surface area contributed by atoms with Crippen LogP contribution in [0.15, 0.2) is 18.2 Å². The van der Waals surface area contributed by atoms with Crippen molar-refractivity contribution < 1.29 is 14.7 Å². The minimum absolute atomic E-state index is 0.229. The van der Waals surface area contributed by atoms with E-state index in [1.54, 1.807) is 32.0 Å². The lowest BCUT2D eigenvalue weighted by Crippen LogP contribution is -2.42. The SMILES string of the molecule is CC(=O)N(C(C)C)C(C(=O)O)c1c(Cl)cccc1Cl. The topological polar surface area (TPSA) is 57.6 Å². The molecule has 0 saturated heterocycles. The van der Waals surface area contributed by atoms with Gasteiger partial charge in [-0.2, -0.15) is 0 Å². The van der Waals surface area contributed by atoms with Gasteiger partial charge in [0.2, 0.25) is 5.91 Å². The molecule has 1 N–H and O–H groups in total. The lowest BCUT2D eigenvalue weighted by molar-refractivity contribution is -0.151. The van der Waals surface area contributed by atoms with Gasteiger partial charge in [-0.25, -0.2) is 4.79 Å². The number of aliphatic carboxylic acids is 1. The third-order valence-corrected chi connectivity index (χ3v) is 3.36. The third-order valence-electron chi connectivity index (χ3n) is 2.71. The zero-order valence-corrected chi connectivity index (χ0v) is 12.4. The van der Waals surface area contributed by atoms with Gasteiger partial charge in [0.05, 0.1) is 0 Å². The maximum atomic E-state index is 11.7. The number of hydrogen-bond donors (Lipinski definition) is 1. The minimum Gasteiger partial charge on any atom is -0.479 e. The number of benzene rings is 1. The molecule has 1 unspecified atom stereocenters. The Morgan fingerprint density at radius 3 is 2.00 bits per heavy atom. The van der Waals surface area contributed by atoms with E-state index in [9.17, 15) is 14.7 Å². The fourth-order valence-corrected chi connectivity index (χ4v) is 2.60. The number of halogens is 2. The summed E-state index contributed by atoms with van der Waals surface area (Å²) in [6.07, 6.45) is 0. The molecule has 0 heterocycles. The molecule has 0 spiro atoms.